The first-order chi connectivity index (χ1) is 11.8. The summed E-state index contributed by atoms with van der Waals surface area (Å²) < 4.78 is 2.89. The summed E-state index contributed by atoms with van der Waals surface area (Å²) >= 11 is 5.08. The minimum absolute atomic E-state index is 0.743. The topological polar surface area (TPSA) is 58.5 Å². The summed E-state index contributed by atoms with van der Waals surface area (Å²) in [6, 6.07) is 8.39. The van der Waals surface area contributed by atoms with Crippen LogP contribution in [0.1, 0.15) is 10.4 Å². The van der Waals surface area contributed by atoms with Crippen LogP contribution in [0.25, 0.3) is 10.9 Å². The van der Waals surface area contributed by atoms with Gasteiger partial charge in [-0.25, -0.2) is 4.98 Å². The molecule has 0 radical (unpaired) electrons. The molecule has 2 N–H and O–H groups in total. The second-order valence-corrected chi connectivity index (χ2v) is 7.56. The van der Waals surface area contributed by atoms with Gasteiger partial charge in [-0.3, -0.25) is 4.68 Å². The fourth-order valence-corrected chi connectivity index (χ4v) is 3.85. The van der Waals surface area contributed by atoms with E-state index in [1.54, 1.807) is 17.5 Å². The van der Waals surface area contributed by atoms with E-state index < -0.39 is 0 Å². The maximum Gasteiger partial charge on any atom is 0.182 e. The molecule has 0 saturated heterocycles. The lowest BCUT2D eigenvalue weighted by Gasteiger charge is -2.02. The van der Waals surface area contributed by atoms with Crippen LogP contribution < -0.4 is 5.32 Å². The normalized spacial score (nSPS) is 11.2. The highest BCUT2D eigenvalue weighted by Gasteiger charge is 2.05. The fourth-order valence-electron chi connectivity index (χ4n) is 2.69. The minimum Gasteiger partial charge on any atom is -0.361 e. The van der Waals surface area contributed by atoms with Gasteiger partial charge in [0.15, 0.2) is 5.13 Å². The second kappa shape index (κ2) is 6.78. The summed E-state index contributed by atoms with van der Waals surface area (Å²) in [4.78, 5) is 8.94. The fraction of sp³-hybridized carbons (Fsp3) is 0.176. The number of thiazole rings is 1. The number of benzene rings is 1. The lowest BCUT2D eigenvalue weighted by Crippen LogP contribution is -2.03. The first-order valence-corrected chi connectivity index (χ1v) is 9.30. The highest BCUT2D eigenvalue weighted by molar-refractivity contribution is 9.10. The summed E-state index contributed by atoms with van der Waals surface area (Å²) in [6.07, 6.45) is 8.72. The minimum atomic E-state index is 0.743. The number of hydrogen-bond acceptors (Lipinski definition) is 4. The molecule has 3 heterocycles. The van der Waals surface area contributed by atoms with Crippen molar-refractivity contribution in [3.8, 4) is 0 Å². The van der Waals surface area contributed by atoms with Gasteiger partial charge < -0.3 is 10.3 Å². The summed E-state index contributed by atoms with van der Waals surface area (Å²) in [5.74, 6) is 0. The van der Waals surface area contributed by atoms with Crippen LogP contribution in [-0.2, 0) is 13.0 Å². The first-order valence-electron chi connectivity index (χ1n) is 7.69. The number of hydrogen-bond donors (Lipinski definition) is 2. The Hall–Kier alpha value is -2.12. The molecule has 3 aromatic heterocycles. The molecule has 4 aromatic rings. The summed E-state index contributed by atoms with van der Waals surface area (Å²) in [5.41, 5.74) is 2.52. The molecule has 0 aliphatic heterocycles. The Labute approximate surface area is 151 Å². The van der Waals surface area contributed by atoms with Crippen LogP contribution in [0, 0.1) is 0 Å². The standard InChI is InChI=1S/C17H16BrN5S/c18-13-8-22-23(10-13)11-14-9-21-17(24-14)19-6-5-12-7-20-16-4-2-1-3-15(12)16/h1-4,7-10,20H,5-6,11H2,(H,19,21). The average molecular weight is 402 g/mol. The Balaban J connectivity index is 1.35. The monoisotopic (exact) mass is 401 g/mol. The van der Waals surface area contributed by atoms with E-state index in [9.17, 15) is 0 Å². The zero-order valence-corrected chi connectivity index (χ0v) is 15.3. The van der Waals surface area contributed by atoms with Crippen LogP contribution in [0.5, 0.6) is 0 Å². The molecule has 0 aliphatic rings. The van der Waals surface area contributed by atoms with Gasteiger partial charge in [-0.15, -0.1) is 11.3 Å². The molecule has 0 amide bonds. The molecule has 1 aromatic carbocycles. The number of halogens is 1. The van der Waals surface area contributed by atoms with E-state index in [-0.39, 0.29) is 0 Å². The number of nitrogens with zero attached hydrogens (tertiary/aromatic N) is 3. The second-order valence-electron chi connectivity index (χ2n) is 5.52. The van der Waals surface area contributed by atoms with Crippen LogP contribution >= 0.6 is 27.3 Å². The lowest BCUT2D eigenvalue weighted by atomic mass is 10.1. The van der Waals surface area contributed by atoms with Crippen molar-refractivity contribution < 1.29 is 0 Å². The van der Waals surface area contributed by atoms with Gasteiger partial charge in [0.2, 0.25) is 0 Å². The predicted molar refractivity (Wildman–Crippen MR) is 102 cm³/mol. The highest BCUT2D eigenvalue weighted by Crippen LogP contribution is 2.21. The van der Waals surface area contributed by atoms with Crippen molar-refractivity contribution in [3.05, 3.63) is 64.0 Å². The third-order valence-electron chi connectivity index (χ3n) is 3.82. The molecule has 5 nitrogen and oxygen atoms in total. The number of nitrogens with one attached hydrogen (secondary N) is 2. The van der Waals surface area contributed by atoms with E-state index in [2.05, 4.69) is 66.8 Å². The number of H-pyrrole nitrogens is 1. The Kier molecular flexibility index (Phi) is 4.36. The molecule has 0 bridgehead atoms. The molecule has 24 heavy (non-hydrogen) atoms. The smallest absolute Gasteiger partial charge is 0.182 e. The van der Waals surface area contributed by atoms with Crippen LogP contribution in [0.4, 0.5) is 5.13 Å². The molecular weight excluding hydrogens is 386 g/mol. The van der Waals surface area contributed by atoms with Gasteiger partial charge in [-0.1, -0.05) is 18.2 Å². The van der Waals surface area contributed by atoms with E-state index in [4.69, 9.17) is 0 Å². The van der Waals surface area contributed by atoms with Crippen molar-refractivity contribution in [1.29, 1.82) is 0 Å². The van der Waals surface area contributed by atoms with Gasteiger partial charge in [0.1, 0.15) is 0 Å². The van der Waals surface area contributed by atoms with Crippen molar-refractivity contribution in [2.45, 2.75) is 13.0 Å². The predicted octanol–water partition coefficient (Wildman–Crippen LogP) is 4.29. The summed E-state index contributed by atoms with van der Waals surface area (Å²) in [6.45, 7) is 1.61. The maximum absolute atomic E-state index is 4.45. The molecule has 0 unspecified atom stereocenters. The van der Waals surface area contributed by atoms with Crippen molar-refractivity contribution in [2.24, 2.45) is 0 Å². The van der Waals surface area contributed by atoms with E-state index in [0.29, 0.717) is 0 Å². The zero-order chi connectivity index (χ0) is 16.4. The Morgan fingerprint density at radius 1 is 1.25 bits per heavy atom. The van der Waals surface area contributed by atoms with Crippen molar-refractivity contribution in [1.82, 2.24) is 19.7 Å². The highest BCUT2D eigenvalue weighted by atomic mass is 79.9. The number of para-hydroxylation sites is 1. The van der Waals surface area contributed by atoms with E-state index in [1.165, 1.54) is 21.3 Å². The SMILES string of the molecule is Brc1cnn(Cc2cnc(NCCc3c[nH]c4ccccc34)s2)c1. The number of anilines is 1. The number of aromatic amines is 1. The quantitative estimate of drug-likeness (QED) is 0.506. The molecule has 0 saturated carbocycles. The van der Waals surface area contributed by atoms with E-state index in [0.717, 1.165) is 29.1 Å². The number of aromatic nitrogens is 4. The third-order valence-corrected chi connectivity index (χ3v) is 5.17. The van der Waals surface area contributed by atoms with Gasteiger partial charge in [-0.05, 0) is 34.0 Å². The van der Waals surface area contributed by atoms with E-state index in [1.807, 2.05) is 17.1 Å². The summed E-state index contributed by atoms with van der Waals surface area (Å²) in [5, 5.41) is 9.93. The van der Waals surface area contributed by atoms with Gasteiger partial charge in [0.05, 0.1) is 17.2 Å². The van der Waals surface area contributed by atoms with Crippen LogP contribution in [-0.4, -0.2) is 26.3 Å². The molecule has 0 spiro atoms. The molecule has 4 rings (SSSR count). The molecule has 0 aliphatic carbocycles. The van der Waals surface area contributed by atoms with Crippen molar-refractivity contribution in [3.63, 3.8) is 0 Å². The Morgan fingerprint density at radius 2 is 2.17 bits per heavy atom. The Bertz CT molecular complexity index is 955. The van der Waals surface area contributed by atoms with Gasteiger partial charge >= 0.3 is 0 Å². The number of fused-ring (bicyclic) bond motifs is 1. The van der Waals surface area contributed by atoms with Crippen molar-refractivity contribution in [2.75, 3.05) is 11.9 Å². The average Bonchev–Trinajstić information content (AvgIpc) is 3.30. The zero-order valence-electron chi connectivity index (χ0n) is 12.9. The van der Waals surface area contributed by atoms with Crippen molar-refractivity contribution >= 4 is 43.3 Å². The summed E-state index contributed by atoms with van der Waals surface area (Å²) in [7, 11) is 0. The van der Waals surface area contributed by atoms with Gasteiger partial charge in [-0.2, -0.15) is 5.10 Å². The van der Waals surface area contributed by atoms with Gasteiger partial charge in [0, 0.05) is 40.9 Å². The molecule has 7 heteroatoms. The largest absolute Gasteiger partial charge is 0.361 e. The van der Waals surface area contributed by atoms with Crippen LogP contribution in [0.15, 0.2) is 53.5 Å². The van der Waals surface area contributed by atoms with Crippen LogP contribution in [0.2, 0.25) is 0 Å². The van der Waals surface area contributed by atoms with E-state index >= 15 is 0 Å². The molecule has 0 fully saturated rings. The number of rotatable bonds is 6. The van der Waals surface area contributed by atoms with Crippen LogP contribution in [0.3, 0.4) is 0 Å². The Morgan fingerprint density at radius 3 is 3.04 bits per heavy atom. The third kappa shape index (κ3) is 3.37. The first kappa shape index (κ1) is 15.4. The molecule has 122 valence electrons. The maximum atomic E-state index is 4.45. The molecule has 0 atom stereocenters. The van der Waals surface area contributed by atoms with Gasteiger partial charge in [0.25, 0.3) is 0 Å². The molecular formula is C17H16BrN5S. The lowest BCUT2D eigenvalue weighted by molar-refractivity contribution is 0.693.